The molecule has 2 atom stereocenters. The molecule has 4 rings (SSSR count). The molecular formula is C29H23ClF3NOP+. The molecule has 182 valence electrons. The molecule has 0 amide bonds. The predicted octanol–water partition coefficient (Wildman–Crippen LogP) is 6.23. The second-order valence-electron chi connectivity index (χ2n) is 8.47. The third kappa shape index (κ3) is 5.04. The zero-order valence-corrected chi connectivity index (χ0v) is 20.8. The number of alkyl halides is 4. The van der Waals surface area contributed by atoms with Gasteiger partial charge < -0.3 is 5.11 Å². The van der Waals surface area contributed by atoms with Crippen LogP contribution in [0.25, 0.3) is 0 Å². The summed E-state index contributed by atoms with van der Waals surface area (Å²) in [4.78, 5) is -1.82. The van der Waals surface area contributed by atoms with Crippen molar-refractivity contribution in [2.75, 3.05) is 6.16 Å². The van der Waals surface area contributed by atoms with Gasteiger partial charge in [-0.1, -0.05) is 78.3 Å². The Kier molecular flexibility index (Phi) is 7.52. The zero-order valence-electron chi connectivity index (χ0n) is 19.1. The third-order valence-electron chi connectivity index (χ3n) is 6.23. The van der Waals surface area contributed by atoms with E-state index < -0.39 is 30.0 Å². The molecule has 0 radical (unpaired) electrons. The Balaban J connectivity index is 1.89. The fourth-order valence-electron chi connectivity index (χ4n) is 4.42. The largest absolute Gasteiger partial charge is 0.416 e. The number of nitrogens with zero attached hydrogens (tertiary/aromatic N) is 1. The topological polar surface area (TPSA) is 44.0 Å². The Morgan fingerprint density at radius 1 is 0.722 bits per heavy atom. The molecule has 2 nitrogen and oxygen atoms in total. The number of nitriles is 1. The summed E-state index contributed by atoms with van der Waals surface area (Å²) in [5.41, 5.74) is -0.692. The summed E-state index contributed by atoms with van der Waals surface area (Å²) in [6.07, 6.45) is -5.97. The first-order chi connectivity index (χ1) is 17.2. The van der Waals surface area contributed by atoms with Crippen molar-refractivity contribution >= 4 is 34.8 Å². The van der Waals surface area contributed by atoms with Gasteiger partial charge in [-0.05, 0) is 54.1 Å². The lowest BCUT2D eigenvalue weighted by Gasteiger charge is -2.34. The highest BCUT2D eigenvalue weighted by atomic mass is 35.5. The lowest BCUT2D eigenvalue weighted by Crippen LogP contribution is -2.43. The Labute approximate surface area is 213 Å². The van der Waals surface area contributed by atoms with Gasteiger partial charge in [-0.2, -0.15) is 18.4 Å². The van der Waals surface area contributed by atoms with E-state index in [0.717, 1.165) is 28.0 Å². The molecular weight excluding hydrogens is 502 g/mol. The summed E-state index contributed by atoms with van der Waals surface area (Å²) < 4.78 is 39.2. The van der Waals surface area contributed by atoms with Gasteiger partial charge >= 0.3 is 6.18 Å². The van der Waals surface area contributed by atoms with E-state index in [0.29, 0.717) is 0 Å². The Bertz CT molecular complexity index is 1230. The van der Waals surface area contributed by atoms with Gasteiger partial charge in [0.2, 0.25) is 0 Å². The van der Waals surface area contributed by atoms with E-state index in [1.54, 1.807) is 0 Å². The number of aliphatic hydroxyl groups is 1. The summed E-state index contributed by atoms with van der Waals surface area (Å²) in [5.74, 6) is 0. The predicted molar refractivity (Wildman–Crippen MR) is 141 cm³/mol. The average molecular weight is 525 g/mol. The SMILES string of the molecule is N#CC(Cl)(C[P+](c1ccccc1)(c1ccccc1)c1ccccc1)C(O)c1ccc(C(F)(F)F)cc1. The van der Waals surface area contributed by atoms with Gasteiger partial charge in [-0.25, -0.2) is 0 Å². The third-order valence-corrected chi connectivity index (χ3v) is 11.4. The van der Waals surface area contributed by atoms with Crippen LogP contribution in [-0.2, 0) is 6.18 Å². The molecule has 2 unspecified atom stereocenters. The lowest BCUT2D eigenvalue weighted by atomic mass is 9.96. The van der Waals surface area contributed by atoms with Crippen molar-refractivity contribution in [3.05, 3.63) is 126 Å². The molecule has 0 bridgehead atoms. The number of benzene rings is 4. The summed E-state index contributed by atoms with van der Waals surface area (Å²) in [6.45, 7) is 0. The molecule has 0 aliphatic carbocycles. The lowest BCUT2D eigenvalue weighted by molar-refractivity contribution is -0.137. The van der Waals surface area contributed by atoms with Crippen molar-refractivity contribution in [1.82, 2.24) is 0 Å². The summed E-state index contributed by atoms with van der Waals surface area (Å²) in [6, 6.07) is 35.4. The van der Waals surface area contributed by atoms with Crippen LogP contribution in [0.2, 0.25) is 0 Å². The second-order valence-corrected chi connectivity index (χ2v) is 12.6. The minimum atomic E-state index is -4.51. The summed E-state index contributed by atoms with van der Waals surface area (Å²) in [7, 11) is -2.60. The van der Waals surface area contributed by atoms with Crippen molar-refractivity contribution in [2.24, 2.45) is 0 Å². The number of halogens is 4. The summed E-state index contributed by atoms with van der Waals surface area (Å²) >= 11 is 6.97. The molecule has 0 saturated heterocycles. The van der Waals surface area contributed by atoms with E-state index in [-0.39, 0.29) is 11.7 Å². The summed E-state index contributed by atoms with van der Waals surface area (Å²) in [5, 5.41) is 24.5. The molecule has 0 fully saturated rings. The quantitative estimate of drug-likeness (QED) is 0.230. The number of hydrogen-bond donors (Lipinski definition) is 1. The molecule has 36 heavy (non-hydrogen) atoms. The Morgan fingerprint density at radius 3 is 1.44 bits per heavy atom. The van der Waals surface area contributed by atoms with Crippen LogP contribution < -0.4 is 15.9 Å². The Morgan fingerprint density at radius 2 is 1.11 bits per heavy atom. The van der Waals surface area contributed by atoms with Crippen LogP contribution in [0.15, 0.2) is 115 Å². The molecule has 4 aromatic rings. The van der Waals surface area contributed by atoms with Crippen LogP contribution in [0.1, 0.15) is 17.2 Å². The second kappa shape index (κ2) is 10.4. The minimum Gasteiger partial charge on any atom is -0.385 e. The Hall–Kier alpha value is -3.16. The molecule has 0 aliphatic heterocycles. The zero-order chi connectivity index (χ0) is 25.8. The molecule has 0 heterocycles. The highest BCUT2D eigenvalue weighted by Gasteiger charge is 2.54. The monoisotopic (exact) mass is 524 g/mol. The first-order valence-corrected chi connectivity index (χ1v) is 13.6. The minimum absolute atomic E-state index is 0.0677. The number of aliphatic hydroxyl groups excluding tert-OH is 1. The van der Waals surface area contributed by atoms with E-state index in [2.05, 4.69) is 6.07 Å². The fourth-order valence-corrected chi connectivity index (χ4v) is 9.50. The van der Waals surface area contributed by atoms with E-state index in [1.807, 2.05) is 91.0 Å². The molecule has 0 aromatic heterocycles. The molecule has 4 aromatic carbocycles. The van der Waals surface area contributed by atoms with Gasteiger partial charge in [0, 0.05) is 0 Å². The highest BCUT2D eigenvalue weighted by molar-refractivity contribution is 7.95. The van der Waals surface area contributed by atoms with Crippen LogP contribution >= 0.6 is 18.9 Å². The van der Waals surface area contributed by atoms with Gasteiger partial charge in [0.05, 0.1) is 11.6 Å². The van der Waals surface area contributed by atoms with Crippen molar-refractivity contribution in [3.8, 4) is 6.07 Å². The first kappa shape index (κ1) is 25.9. The highest BCUT2D eigenvalue weighted by Crippen LogP contribution is 2.59. The standard InChI is InChI=1S/C29H23ClF3NOP/c30-28(20-34,27(35)22-16-18-23(19-17-22)29(31,32)33)21-36(24-10-4-1-5-11-24,25-12-6-2-7-13-25)26-14-8-3-9-15-26/h1-19,27,35H,21H2/q+1. The molecule has 0 saturated carbocycles. The average Bonchev–Trinajstić information content (AvgIpc) is 2.92. The van der Waals surface area contributed by atoms with Gasteiger partial charge in [-0.15, -0.1) is 0 Å². The van der Waals surface area contributed by atoms with Crippen LogP contribution in [0.5, 0.6) is 0 Å². The van der Waals surface area contributed by atoms with Crippen molar-refractivity contribution in [2.45, 2.75) is 17.2 Å². The molecule has 7 heteroatoms. The molecule has 1 N–H and O–H groups in total. The van der Waals surface area contributed by atoms with E-state index >= 15 is 0 Å². The van der Waals surface area contributed by atoms with Crippen LogP contribution in [0.3, 0.4) is 0 Å². The first-order valence-electron chi connectivity index (χ1n) is 11.2. The van der Waals surface area contributed by atoms with Crippen LogP contribution in [0.4, 0.5) is 13.2 Å². The van der Waals surface area contributed by atoms with Gasteiger partial charge in [-0.3, -0.25) is 0 Å². The normalized spacial score (nSPS) is 14.4. The maximum Gasteiger partial charge on any atom is 0.416 e. The maximum atomic E-state index is 13.1. The molecule has 0 spiro atoms. The van der Waals surface area contributed by atoms with Crippen molar-refractivity contribution < 1.29 is 18.3 Å². The number of rotatable bonds is 7. The van der Waals surface area contributed by atoms with Gasteiger partial charge in [0.15, 0.2) is 4.87 Å². The van der Waals surface area contributed by atoms with Crippen molar-refractivity contribution in [3.63, 3.8) is 0 Å². The molecule has 0 aliphatic rings. The van der Waals surface area contributed by atoms with E-state index in [4.69, 9.17) is 11.6 Å². The van der Waals surface area contributed by atoms with Crippen LogP contribution in [-0.4, -0.2) is 16.1 Å². The maximum absolute atomic E-state index is 13.1. The number of hydrogen-bond acceptors (Lipinski definition) is 2. The fraction of sp³-hybridized carbons (Fsp3) is 0.138. The van der Waals surface area contributed by atoms with Crippen molar-refractivity contribution in [1.29, 1.82) is 5.26 Å². The van der Waals surface area contributed by atoms with Gasteiger partial charge in [0.25, 0.3) is 0 Å². The van der Waals surface area contributed by atoms with Crippen LogP contribution in [0, 0.1) is 11.3 Å². The smallest absolute Gasteiger partial charge is 0.385 e. The van der Waals surface area contributed by atoms with E-state index in [1.165, 1.54) is 12.1 Å². The van der Waals surface area contributed by atoms with Gasteiger partial charge in [0.1, 0.15) is 35.4 Å². The van der Waals surface area contributed by atoms with E-state index in [9.17, 15) is 23.5 Å².